The lowest BCUT2D eigenvalue weighted by molar-refractivity contribution is -0.152. The lowest BCUT2D eigenvalue weighted by Crippen LogP contribution is -2.35. The van der Waals surface area contributed by atoms with E-state index in [1.165, 1.54) is 18.2 Å². The minimum absolute atomic E-state index is 0.0861. The monoisotopic (exact) mass is 204 g/mol. The Morgan fingerprint density at radius 2 is 2.00 bits per heavy atom. The van der Waals surface area contributed by atoms with E-state index in [2.05, 4.69) is 18.2 Å². The van der Waals surface area contributed by atoms with Crippen LogP contribution >= 0.6 is 0 Å². The molecule has 80 valence electrons. The standard InChI is InChI=1S/C13H16O2/c1-13(12(14)15-2)8-7-10-5-3-4-6-11(10)9-13/h3-6H,7-9H2,1-2H3/t13-/m1/s1. The number of hydrogen-bond acceptors (Lipinski definition) is 2. The summed E-state index contributed by atoms with van der Waals surface area (Å²) in [6.45, 7) is 1.99. The van der Waals surface area contributed by atoms with E-state index >= 15 is 0 Å². The number of hydrogen-bond donors (Lipinski definition) is 0. The van der Waals surface area contributed by atoms with Crippen LogP contribution in [0.25, 0.3) is 0 Å². The van der Waals surface area contributed by atoms with Crippen LogP contribution in [0.4, 0.5) is 0 Å². The number of esters is 1. The lowest BCUT2D eigenvalue weighted by Gasteiger charge is -2.32. The van der Waals surface area contributed by atoms with Gasteiger partial charge in [0.2, 0.25) is 0 Å². The van der Waals surface area contributed by atoms with E-state index in [0.29, 0.717) is 0 Å². The quantitative estimate of drug-likeness (QED) is 0.656. The van der Waals surface area contributed by atoms with Crippen molar-refractivity contribution in [3.8, 4) is 0 Å². The highest BCUT2D eigenvalue weighted by Crippen LogP contribution is 2.35. The normalized spacial score (nSPS) is 24.4. The summed E-state index contributed by atoms with van der Waals surface area (Å²) >= 11 is 0. The van der Waals surface area contributed by atoms with Crippen molar-refractivity contribution < 1.29 is 9.53 Å². The van der Waals surface area contributed by atoms with Gasteiger partial charge in [0.1, 0.15) is 0 Å². The first-order chi connectivity index (χ1) is 7.15. The van der Waals surface area contributed by atoms with Crippen LogP contribution in [0.3, 0.4) is 0 Å². The number of carbonyl (C=O) groups is 1. The van der Waals surface area contributed by atoms with Crippen molar-refractivity contribution in [1.82, 2.24) is 0 Å². The number of ether oxygens (including phenoxy) is 1. The molecule has 0 amide bonds. The fraction of sp³-hybridized carbons (Fsp3) is 0.462. The Kier molecular flexibility index (Phi) is 2.51. The lowest BCUT2D eigenvalue weighted by atomic mass is 9.73. The molecule has 0 unspecified atom stereocenters. The topological polar surface area (TPSA) is 26.3 Å². The second-order valence-electron chi connectivity index (χ2n) is 4.50. The number of benzene rings is 1. The fourth-order valence-corrected chi connectivity index (χ4v) is 2.31. The zero-order valence-corrected chi connectivity index (χ0v) is 9.25. The van der Waals surface area contributed by atoms with Gasteiger partial charge < -0.3 is 4.74 Å². The smallest absolute Gasteiger partial charge is 0.311 e. The highest BCUT2D eigenvalue weighted by molar-refractivity contribution is 5.77. The van der Waals surface area contributed by atoms with Crippen molar-refractivity contribution in [2.75, 3.05) is 7.11 Å². The second kappa shape index (κ2) is 3.69. The van der Waals surface area contributed by atoms with E-state index < -0.39 is 0 Å². The Hall–Kier alpha value is -1.31. The van der Waals surface area contributed by atoms with Gasteiger partial charge in [0.25, 0.3) is 0 Å². The number of methoxy groups -OCH3 is 1. The molecule has 0 fully saturated rings. The number of carbonyl (C=O) groups excluding carboxylic acids is 1. The number of fused-ring (bicyclic) bond motifs is 1. The van der Waals surface area contributed by atoms with Crippen LogP contribution in [-0.2, 0) is 22.4 Å². The molecule has 1 atom stereocenters. The Balaban J connectivity index is 2.28. The molecule has 0 heterocycles. The van der Waals surface area contributed by atoms with Gasteiger partial charge in [-0.1, -0.05) is 24.3 Å². The molecule has 2 rings (SSSR count). The molecule has 0 aromatic heterocycles. The summed E-state index contributed by atoms with van der Waals surface area (Å²) in [6.07, 6.45) is 2.66. The average molecular weight is 204 g/mol. The molecule has 15 heavy (non-hydrogen) atoms. The summed E-state index contributed by atoms with van der Waals surface area (Å²) in [7, 11) is 1.47. The largest absolute Gasteiger partial charge is 0.469 e. The molecule has 2 nitrogen and oxygen atoms in total. The Morgan fingerprint density at radius 1 is 1.33 bits per heavy atom. The summed E-state index contributed by atoms with van der Waals surface area (Å²) in [5, 5.41) is 0. The zero-order valence-electron chi connectivity index (χ0n) is 9.25. The maximum atomic E-state index is 11.7. The first kappa shape index (κ1) is 10.2. The van der Waals surface area contributed by atoms with Crippen LogP contribution in [-0.4, -0.2) is 13.1 Å². The van der Waals surface area contributed by atoms with Gasteiger partial charge in [0.15, 0.2) is 0 Å². The molecule has 0 spiro atoms. The Morgan fingerprint density at radius 3 is 2.67 bits per heavy atom. The third-order valence-electron chi connectivity index (χ3n) is 3.32. The van der Waals surface area contributed by atoms with Crippen molar-refractivity contribution in [3.63, 3.8) is 0 Å². The van der Waals surface area contributed by atoms with Crippen LogP contribution in [0.5, 0.6) is 0 Å². The zero-order chi connectivity index (χ0) is 10.9. The van der Waals surface area contributed by atoms with Gasteiger partial charge in [-0.15, -0.1) is 0 Å². The predicted molar refractivity (Wildman–Crippen MR) is 58.6 cm³/mol. The fourth-order valence-electron chi connectivity index (χ4n) is 2.31. The molecule has 1 aliphatic rings. The summed E-state index contributed by atoms with van der Waals surface area (Å²) < 4.78 is 4.87. The average Bonchev–Trinajstić information content (AvgIpc) is 2.27. The van der Waals surface area contributed by atoms with Crippen molar-refractivity contribution in [2.45, 2.75) is 26.2 Å². The van der Waals surface area contributed by atoms with Gasteiger partial charge in [-0.05, 0) is 37.3 Å². The molecule has 1 aromatic carbocycles. The number of aryl methyl sites for hydroxylation is 1. The minimum Gasteiger partial charge on any atom is -0.469 e. The van der Waals surface area contributed by atoms with Gasteiger partial charge in [0, 0.05) is 0 Å². The first-order valence-corrected chi connectivity index (χ1v) is 5.31. The van der Waals surface area contributed by atoms with Gasteiger partial charge >= 0.3 is 5.97 Å². The van der Waals surface area contributed by atoms with Crippen LogP contribution in [0.15, 0.2) is 24.3 Å². The van der Waals surface area contributed by atoms with Gasteiger partial charge in [-0.25, -0.2) is 0 Å². The summed E-state index contributed by atoms with van der Waals surface area (Å²) in [5.74, 6) is -0.0861. The van der Waals surface area contributed by atoms with Crippen LogP contribution in [0.2, 0.25) is 0 Å². The molecule has 1 aromatic rings. The van der Waals surface area contributed by atoms with E-state index in [0.717, 1.165) is 19.3 Å². The van der Waals surface area contributed by atoms with E-state index in [-0.39, 0.29) is 11.4 Å². The van der Waals surface area contributed by atoms with Crippen molar-refractivity contribution in [1.29, 1.82) is 0 Å². The Labute approximate surface area is 90.3 Å². The van der Waals surface area contributed by atoms with Gasteiger partial charge in [-0.3, -0.25) is 4.79 Å². The van der Waals surface area contributed by atoms with Crippen molar-refractivity contribution in [2.24, 2.45) is 5.41 Å². The van der Waals surface area contributed by atoms with E-state index in [4.69, 9.17) is 4.74 Å². The van der Waals surface area contributed by atoms with Crippen LogP contribution in [0.1, 0.15) is 24.5 Å². The molecule has 1 aliphatic carbocycles. The minimum atomic E-state index is -0.330. The third kappa shape index (κ3) is 1.76. The molecule has 2 heteroatoms. The summed E-state index contributed by atoms with van der Waals surface area (Å²) in [5.41, 5.74) is 2.33. The molecular weight excluding hydrogens is 188 g/mol. The third-order valence-corrected chi connectivity index (χ3v) is 3.32. The highest BCUT2D eigenvalue weighted by atomic mass is 16.5. The molecule has 0 bridgehead atoms. The van der Waals surface area contributed by atoms with Gasteiger partial charge in [-0.2, -0.15) is 0 Å². The Bertz CT molecular complexity index is 384. The summed E-state index contributed by atoms with van der Waals surface area (Å²) in [4.78, 5) is 11.7. The van der Waals surface area contributed by atoms with Crippen molar-refractivity contribution in [3.05, 3.63) is 35.4 Å². The SMILES string of the molecule is COC(=O)[C@]1(C)CCc2ccccc2C1. The molecule has 0 N–H and O–H groups in total. The van der Waals surface area contributed by atoms with Crippen LogP contribution < -0.4 is 0 Å². The number of rotatable bonds is 1. The molecule has 0 saturated carbocycles. The summed E-state index contributed by atoms with van der Waals surface area (Å²) in [6, 6.07) is 8.34. The van der Waals surface area contributed by atoms with Gasteiger partial charge in [0.05, 0.1) is 12.5 Å². The van der Waals surface area contributed by atoms with E-state index in [9.17, 15) is 4.79 Å². The van der Waals surface area contributed by atoms with E-state index in [1.54, 1.807) is 0 Å². The second-order valence-corrected chi connectivity index (χ2v) is 4.50. The maximum absolute atomic E-state index is 11.7. The predicted octanol–water partition coefficient (Wildman–Crippen LogP) is 2.35. The van der Waals surface area contributed by atoms with E-state index in [1.807, 2.05) is 13.0 Å². The molecule has 0 saturated heterocycles. The molecular formula is C13H16O2. The van der Waals surface area contributed by atoms with Crippen molar-refractivity contribution >= 4 is 5.97 Å². The highest BCUT2D eigenvalue weighted by Gasteiger charge is 2.37. The maximum Gasteiger partial charge on any atom is 0.311 e. The van der Waals surface area contributed by atoms with Crippen LogP contribution in [0, 0.1) is 5.41 Å². The molecule has 0 aliphatic heterocycles. The molecule has 0 radical (unpaired) electrons. The first-order valence-electron chi connectivity index (χ1n) is 5.31.